The van der Waals surface area contributed by atoms with E-state index in [1.807, 2.05) is 0 Å². The lowest BCUT2D eigenvalue weighted by Gasteiger charge is -2.27. The predicted molar refractivity (Wildman–Crippen MR) is 116 cm³/mol. The van der Waals surface area contributed by atoms with Gasteiger partial charge in [0.25, 0.3) is 15.9 Å². The van der Waals surface area contributed by atoms with Crippen molar-refractivity contribution in [3.63, 3.8) is 0 Å². The van der Waals surface area contributed by atoms with Crippen molar-refractivity contribution in [1.29, 1.82) is 0 Å². The molecule has 1 aliphatic rings. The normalized spacial score (nSPS) is 14.3. The Hall–Kier alpha value is -2.45. The summed E-state index contributed by atoms with van der Waals surface area (Å²) >= 11 is 6.09. The maximum absolute atomic E-state index is 13.1. The van der Waals surface area contributed by atoms with Crippen molar-refractivity contribution >= 4 is 33.2 Å². The third kappa shape index (κ3) is 4.65. The molecule has 1 saturated heterocycles. The second kappa shape index (κ2) is 9.14. The van der Waals surface area contributed by atoms with E-state index in [9.17, 15) is 13.2 Å². The Kier molecular flexibility index (Phi) is 6.77. The number of ether oxygens (including phenoxy) is 2. The number of carbonyl (C=O) groups is 1. The van der Waals surface area contributed by atoms with Crippen molar-refractivity contribution in [3.8, 4) is 11.5 Å². The Morgan fingerprint density at radius 1 is 1.03 bits per heavy atom. The highest BCUT2D eigenvalue weighted by Gasteiger charge is 2.24. The van der Waals surface area contributed by atoms with Crippen molar-refractivity contribution in [3.05, 3.63) is 46.5 Å². The van der Waals surface area contributed by atoms with Crippen molar-refractivity contribution in [2.45, 2.75) is 31.1 Å². The number of amides is 1. The lowest BCUT2D eigenvalue weighted by Crippen LogP contribution is -2.36. The van der Waals surface area contributed by atoms with Gasteiger partial charge in [-0.15, -0.1) is 0 Å². The van der Waals surface area contributed by atoms with Gasteiger partial charge < -0.3 is 14.4 Å². The van der Waals surface area contributed by atoms with Crippen LogP contribution in [0.4, 0.5) is 5.69 Å². The van der Waals surface area contributed by atoms with Gasteiger partial charge in [0.1, 0.15) is 11.5 Å². The Labute approximate surface area is 182 Å². The number of halogens is 1. The van der Waals surface area contributed by atoms with Crippen LogP contribution in [0.25, 0.3) is 0 Å². The maximum Gasteiger partial charge on any atom is 0.262 e. The first kappa shape index (κ1) is 22.2. The number of aryl methyl sites for hydroxylation is 1. The fourth-order valence-corrected chi connectivity index (χ4v) is 4.73. The molecule has 162 valence electrons. The van der Waals surface area contributed by atoms with Gasteiger partial charge in [-0.05, 0) is 43.9 Å². The molecule has 0 aliphatic carbocycles. The third-order valence-corrected chi connectivity index (χ3v) is 6.77. The van der Waals surface area contributed by atoms with Crippen LogP contribution in [0.3, 0.4) is 0 Å². The van der Waals surface area contributed by atoms with Gasteiger partial charge in [-0.1, -0.05) is 17.7 Å². The first-order valence-corrected chi connectivity index (χ1v) is 11.5. The van der Waals surface area contributed by atoms with Crippen LogP contribution < -0.4 is 14.2 Å². The number of rotatable bonds is 6. The number of anilines is 1. The fourth-order valence-electron chi connectivity index (χ4n) is 3.41. The van der Waals surface area contributed by atoms with E-state index < -0.39 is 10.0 Å². The van der Waals surface area contributed by atoms with Gasteiger partial charge in [-0.2, -0.15) is 0 Å². The summed E-state index contributed by atoms with van der Waals surface area (Å²) in [6.07, 6.45) is 3.03. The monoisotopic (exact) mass is 452 g/mol. The average molecular weight is 453 g/mol. The number of likely N-dealkylation sites (tertiary alicyclic amines) is 1. The van der Waals surface area contributed by atoms with E-state index in [0.717, 1.165) is 24.8 Å². The largest absolute Gasteiger partial charge is 0.495 e. The zero-order chi connectivity index (χ0) is 21.9. The molecule has 1 fully saturated rings. The molecular weight excluding hydrogens is 428 g/mol. The van der Waals surface area contributed by atoms with Gasteiger partial charge in [0.2, 0.25) is 0 Å². The Bertz CT molecular complexity index is 1050. The molecule has 3 rings (SSSR count). The van der Waals surface area contributed by atoms with Crippen LogP contribution in [0, 0.1) is 6.92 Å². The molecule has 0 saturated carbocycles. The predicted octanol–water partition coefficient (Wildman–Crippen LogP) is 4.09. The van der Waals surface area contributed by atoms with Crippen LogP contribution in [0.2, 0.25) is 5.02 Å². The molecular formula is C21H25ClN2O5S. The van der Waals surface area contributed by atoms with E-state index in [-0.39, 0.29) is 22.2 Å². The molecule has 30 heavy (non-hydrogen) atoms. The summed E-state index contributed by atoms with van der Waals surface area (Å²) < 4.78 is 39.0. The summed E-state index contributed by atoms with van der Waals surface area (Å²) in [6, 6.07) is 7.47. The van der Waals surface area contributed by atoms with Gasteiger partial charge >= 0.3 is 0 Å². The molecule has 7 nitrogen and oxygen atoms in total. The molecule has 9 heteroatoms. The van der Waals surface area contributed by atoms with Crippen molar-refractivity contribution in [2.75, 3.05) is 32.0 Å². The van der Waals surface area contributed by atoms with Crippen molar-refractivity contribution < 1.29 is 22.7 Å². The van der Waals surface area contributed by atoms with Crippen LogP contribution in [-0.2, 0) is 10.0 Å². The Morgan fingerprint density at radius 2 is 1.70 bits per heavy atom. The molecule has 0 radical (unpaired) electrons. The van der Waals surface area contributed by atoms with Crippen molar-refractivity contribution in [1.82, 2.24) is 4.90 Å². The highest BCUT2D eigenvalue weighted by Crippen LogP contribution is 2.37. The zero-order valence-corrected chi connectivity index (χ0v) is 18.8. The van der Waals surface area contributed by atoms with E-state index in [2.05, 4.69) is 4.72 Å². The number of hydrogen-bond donors (Lipinski definition) is 1. The fraction of sp³-hybridized carbons (Fsp3) is 0.381. The van der Waals surface area contributed by atoms with Gasteiger partial charge in [0.05, 0.1) is 29.8 Å². The highest BCUT2D eigenvalue weighted by molar-refractivity contribution is 7.92. The molecule has 1 amide bonds. The van der Waals surface area contributed by atoms with E-state index in [0.29, 0.717) is 29.4 Å². The molecule has 0 atom stereocenters. The molecule has 1 aliphatic heterocycles. The minimum absolute atomic E-state index is 0.00979. The van der Waals surface area contributed by atoms with Crippen LogP contribution in [0.1, 0.15) is 35.2 Å². The number of piperidine rings is 1. The third-order valence-electron chi connectivity index (χ3n) is 5.11. The summed E-state index contributed by atoms with van der Waals surface area (Å²) in [5.74, 6) is 0.413. The molecule has 0 bridgehead atoms. The first-order chi connectivity index (χ1) is 14.3. The van der Waals surface area contributed by atoms with E-state index in [1.54, 1.807) is 17.9 Å². The molecule has 0 aromatic heterocycles. The van der Waals surface area contributed by atoms with Gasteiger partial charge in [-0.25, -0.2) is 8.42 Å². The standard InChI is InChI=1S/C21H25ClN2O5S/c1-14-7-8-15(11-16(14)21(25)24-9-5-4-6-10-24)30(26,27)23-18-13-19(28-2)17(22)12-20(18)29-3/h7-8,11-13,23H,4-6,9-10H2,1-3H3. The highest BCUT2D eigenvalue weighted by atomic mass is 35.5. The summed E-state index contributed by atoms with van der Waals surface area (Å²) in [6.45, 7) is 3.18. The lowest BCUT2D eigenvalue weighted by atomic mass is 10.1. The topological polar surface area (TPSA) is 84.9 Å². The van der Waals surface area contributed by atoms with Gasteiger partial charge in [0, 0.05) is 30.8 Å². The Balaban J connectivity index is 1.94. The number of sulfonamides is 1. The number of nitrogens with zero attached hydrogens (tertiary/aromatic N) is 1. The smallest absolute Gasteiger partial charge is 0.262 e. The van der Waals surface area contributed by atoms with Crippen molar-refractivity contribution in [2.24, 2.45) is 0 Å². The van der Waals surface area contributed by atoms with Crippen LogP contribution in [0.15, 0.2) is 35.2 Å². The summed E-state index contributed by atoms with van der Waals surface area (Å²) in [5, 5.41) is 0.294. The number of hydrogen-bond acceptors (Lipinski definition) is 5. The van der Waals surface area contributed by atoms with Crippen LogP contribution in [0.5, 0.6) is 11.5 Å². The summed E-state index contributed by atoms with van der Waals surface area (Å²) in [5.41, 5.74) is 1.30. The van der Waals surface area contributed by atoms with E-state index in [4.69, 9.17) is 21.1 Å². The molecule has 2 aromatic carbocycles. The maximum atomic E-state index is 13.1. The molecule has 2 aromatic rings. The first-order valence-electron chi connectivity index (χ1n) is 9.61. The zero-order valence-electron chi connectivity index (χ0n) is 17.2. The molecule has 1 N–H and O–H groups in total. The molecule has 1 heterocycles. The summed E-state index contributed by atoms with van der Waals surface area (Å²) in [4.78, 5) is 14.7. The lowest BCUT2D eigenvalue weighted by molar-refractivity contribution is 0.0723. The van der Waals surface area contributed by atoms with Gasteiger partial charge in [-0.3, -0.25) is 9.52 Å². The Morgan fingerprint density at radius 3 is 2.33 bits per heavy atom. The number of carbonyl (C=O) groups excluding carboxylic acids is 1. The second-order valence-corrected chi connectivity index (χ2v) is 9.21. The second-order valence-electron chi connectivity index (χ2n) is 7.12. The number of benzene rings is 2. The SMILES string of the molecule is COc1cc(NS(=O)(=O)c2ccc(C)c(C(=O)N3CCCCC3)c2)c(OC)cc1Cl. The quantitative estimate of drug-likeness (QED) is 0.713. The summed E-state index contributed by atoms with van der Waals surface area (Å²) in [7, 11) is -1.14. The van der Waals surface area contributed by atoms with Gasteiger partial charge in [0.15, 0.2) is 0 Å². The minimum atomic E-state index is -3.99. The van der Waals surface area contributed by atoms with Crippen LogP contribution >= 0.6 is 11.6 Å². The average Bonchev–Trinajstić information content (AvgIpc) is 2.74. The van der Waals surface area contributed by atoms with Crippen LogP contribution in [-0.4, -0.2) is 46.5 Å². The molecule has 0 spiro atoms. The molecule has 0 unspecified atom stereocenters. The minimum Gasteiger partial charge on any atom is -0.495 e. The van der Waals surface area contributed by atoms with E-state index in [1.165, 1.54) is 38.5 Å². The number of methoxy groups -OCH3 is 2. The van der Waals surface area contributed by atoms with E-state index >= 15 is 0 Å². The number of nitrogens with one attached hydrogen (secondary N) is 1.